The number of nitrogens with one attached hydrogen (secondary N) is 2. The third-order valence-corrected chi connectivity index (χ3v) is 7.73. The van der Waals surface area contributed by atoms with Crippen molar-refractivity contribution in [2.75, 3.05) is 24.9 Å². The third-order valence-electron chi connectivity index (χ3n) is 7.73. The lowest BCUT2D eigenvalue weighted by Gasteiger charge is -2.11. The van der Waals surface area contributed by atoms with Gasteiger partial charge in [0, 0.05) is 25.0 Å². The Kier molecular flexibility index (Phi) is 12.2. The minimum Gasteiger partial charge on any atom is -0.497 e. The number of carbonyl (C=O) groups excluding carboxylic acids is 2. The van der Waals surface area contributed by atoms with Gasteiger partial charge in [-0.15, -0.1) is 0 Å². The van der Waals surface area contributed by atoms with E-state index >= 15 is 0 Å². The zero-order valence-electron chi connectivity index (χ0n) is 29.8. The van der Waals surface area contributed by atoms with Crippen molar-refractivity contribution in [3.05, 3.63) is 72.8 Å². The van der Waals surface area contributed by atoms with Gasteiger partial charge < -0.3 is 20.1 Å². The molecule has 0 saturated heterocycles. The molecule has 0 bridgehead atoms. The molecule has 4 heterocycles. The predicted octanol–water partition coefficient (Wildman–Crippen LogP) is 7.55. The highest BCUT2D eigenvalue weighted by molar-refractivity contribution is 5.90. The van der Waals surface area contributed by atoms with Crippen molar-refractivity contribution in [1.29, 1.82) is 0 Å². The summed E-state index contributed by atoms with van der Waals surface area (Å²) in [7, 11) is 2.84. The Bertz CT molecular complexity index is 2270. The summed E-state index contributed by atoms with van der Waals surface area (Å²) >= 11 is 0. The van der Waals surface area contributed by atoms with Gasteiger partial charge in [0.1, 0.15) is 11.5 Å². The molecule has 2 N–H and O–H groups in total. The van der Waals surface area contributed by atoms with E-state index in [4.69, 9.17) is 9.47 Å². The highest BCUT2D eigenvalue weighted by Gasteiger charge is 2.39. The third kappa shape index (κ3) is 9.43. The number of hydrogen-bond acceptors (Lipinski definition) is 10. The maximum Gasteiger partial charge on any atom is 0.450 e. The standard InChI is InChI=1S/C18H18F3N5O2.C17H16F3N5O2/c1-3-4-5-16(27)25-14-9-23-15(10-22-14)26-13-7-6-11(28-2)8-12(13)24-17(26)18(19,20)21;1-3-4-15(26)24-13-8-22-14(9-21-13)25-12-6-5-10(27-2)7-11(12)23-16(25)17(18,19)20/h6-10H,3-5H2,1-2H3,(H,22,25,27);5-9H,3-4H2,1-2H3,(H,21,24,26). The van der Waals surface area contributed by atoms with Crippen LogP contribution in [0.1, 0.15) is 57.6 Å². The van der Waals surface area contributed by atoms with Crippen LogP contribution in [0.5, 0.6) is 11.5 Å². The van der Waals surface area contributed by atoms with Crippen LogP contribution in [0.2, 0.25) is 0 Å². The Morgan fingerprint density at radius 3 is 1.42 bits per heavy atom. The zero-order chi connectivity index (χ0) is 39.9. The van der Waals surface area contributed by atoms with Gasteiger partial charge in [0.25, 0.3) is 0 Å². The van der Waals surface area contributed by atoms with Crippen LogP contribution in [0.3, 0.4) is 0 Å². The molecule has 0 fully saturated rings. The van der Waals surface area contributed by atoms with Crippen LogP contribution in [-0.4, -0.2) is 65.1 Å². The van der Waals surface area contributed by atoms with Gasteiger partial charge in [-0.25, -0.2) is 29.9 Å². The number of carbonyl (C=O) groups is 2. The summed E-state index contributed by atoms with van der Waals surface area (Å²) in [4.78, 5) is 46.8. The van der Waals surface area contributed by atoms with E-state index in [1.54, 1.807) is 0 Å². The first-order valence-corrected chi connectivity index (χ1v) is 16.7. The number of imidazole rings is 2. The second-order valence-electron chi connectivity index (χ2n) is 11.7. The fourth-order valence-corrected chi connectivity index (χ4v) is 5.20. The second kappa shape index (κ2) is 16.8. The van der Waals surface area contributed by atoms with Crippen LogP contribution < -0.4 is 20.1 Å². The van der Waals surface area contributed by atoms with E-state index in [0.29, 0.717) is 30.8 Å². The Morgan fingerprint density at radius 2 is 1.07 bits per heavy atom. The second-order valence-corrected chi connectivity index (χ2v) is 11.7. The number of aromatic nitrogens is 8. The van der Waals surface area contributed by atoms with Gasteiger partial charge in [0.15, 0.2) is 23.3 Å². The number of nitrogens with zero attached hydrogens (tertiary/aromatic N) is 8. The van der Waals surface area contributed by atoms with Crippen molar-refractivity contribution in [2.24, 2.45) is 0 Å². The maximum absolute atomic E-state index is 13.5. The number of fused-ring (bicyclic) bond motifs is 2. The average molecular weight is 773 g/mol. The van der Waals surface area contributed by atoms with Crippen molar-refractivity contribution in [2.45, 2.75) is 58.3 Å². The lowest BCUT2D eigenvalue weighted by atomic mass is 10.2. The number of benzene rings is 2. The monoisotopic (exact) mass is 772 g/mol. The van der Waals surface area contributed by atoms with Crippen molar-refractivity contribution < 1.29 is 45.4 Å². The number of unbranched alkanes of at least 4 members (excludes halogenated alkanes) is 1. The molecular formula is C35H34F6N10O4. The molecule has 0 saturated carbocycles. The van der Waals surface area contributed by atoms with E-state index in [0.717, 1.165) is 34.4 Å². The minimum atomic E-state index is -4.69. The Morgan fingerprint density at radius 1 is 0.636 bits per heavy atom. The van der Waals surface area contributed by atoms with E-state index in [9.17, 15) is 35.9 Å². The quantitative estimate of drug-likeness (QED) is 0.126. The molecule has 14 nitrogen and oxygen atoms in total. The number of anilines is 2. The van der Waals surface area contributed by atoms with Gasteiger partial charge in [0.05, 0.1) is 61.1 Å². The average Bonchev–Trinajstić information content (AvgIpc) is 3.74. The highest BCUT2D eigenvalue weighted by Crippen LogP contribution is 2.36. The molecule has 2 amide bonds. The summed E-state index contributed by atoms with van der Waals surface area (Å²) < 4.78 is 92.8. The Hall–Kier alpha value is -6.34. The molecule has 0 radical (unpaired) electrons. The molecule has 20 heteroatoms. The molecule has 6 aromatic rings. The van der Waals surface area contributed by atoms with Crippen LogP contribution in [-0.2, 0) is 21.9 Å². The molecule has 2 aromatic carbocycles. The molecule has 0 unspecified atom stereocenters. The van der Waals surface area contributed by atoms with E-state index in [1.807, 2.05) is 13.8 Å². The number of rotatable bonds is 11. The largest absolute Gasteiger partial charge is 0.497 e. The number of methoxy groups -OCH3 is 2. The van der Waals surface area contributed by atoms with Crippen molar-refractivity contribution in [1.82, 2.24) is 39.0 Å². The fraction of sp³-hybridized carbons (Fsp3) is 0.314. The first kappa shape index (κ1) is 39.9. The summed E-state index contributed by atoms with van der Waals surface area (Å²) in [5.41, 5.74) is 0.650. The molecular weight excluding hydrogens is 738 g/mol. The minimum absolute atomic E-state index is 0.0634. The molecule has 0 spiro atoms. The topological polar surface area (TPSA) is 164 Å². The molecule has 0 aliphatic carbocycles. The number of hydrogen-bond donors (Lipinski definition) is 2. The van der Waals surface area contributed by atoms with Crippen LogP contribution in [0, 0.1) is 0 Å². The van der Waals surface area contributed by atoms with Gasteiger partial charge in [-0.1, -0.05) is 20.3 Å². The van der Waals surface area contributed by atoms with Gasteiger partial charge in [-0.2, -0.15) is 26.3 Å². The Balaban J connectivity index is 0.000000211. The van der Waals surface area contributed by atoms with E-state index < -0.39 is 24.0 Å². The fourth-order valence-electron chi connectivity index (χ4n) is 5.20. The molecule has 4 aromatic heterocycles. The molecule has 290 valence electrons. The lowest BCUT2D eigenvalue weighted by molar-refractivity contribution is -0.146. The molecule has 0 aliphatic heterocycles. The molecule has 6 rings (SSSR count). The van der Waals surface area contributed by atoms with Crippen LogP contribution >= 0.6 is 0 Å². The van der Waals surface area contributed by atoms with Gasteiger partial charge >= 0.3 is 12.4 Å². The summed E-state index contributed by atoms with van der Waals surface area (Å²) in [5, 5.41) is 5.11. The molecule has 55 heavy (non-hydrogen) atoms. The number of amides is 2. The van der Waals surface area contributed by atoms with Gasteiger partial charge in [-0.3, -0.25) is 18.7 Å². The van der Waals surface area contributed by atoms with Crippen molar-refractivity contribution in [3.8, 4) is 23.1 Å². The normalized spacial score (nSPS) is 11.6. The van der Waals surface area contributed by atoms with E-state index in [1.165, 1.54) is 63.0 Å². The summed E-state index contributed by atoms with van der Waals surface area (Å²) in [5.74, 6) is -1.72. The highest BCUT2D eigenvalue weighted by atomic mass is 19.4. The van der Waals surface area contributed by atoms with Crippen molar-refractivity contribution in [3.63, 3.8) is 0 Å². The summed E-state index contributed by atoms with van der Waals surface area (Å²) in [6.07, 6.45) is -1.72. The lowest BCUT2D eigenvalue weighted by Crippen LogP contribution is -2.16. The van der Waals surface area contributed by atoms with Gasteiger partial charge in [0.2, 0.25) is 23.5 Å². The van der Waals surface area contributed by atoms with Crippen molar-refractivity contribution >= 4 is 45.5 Å². The molecule has 0 atom stereocenters. The first-order valence-electron chi connectivity index (χ1n) is 16.7. The van der Waals surface area contributed by atoms with Gasteiger partial charge in [-0.05, 0) is 37.1 Å². The SMILES string of the molecule is CCCC(=O)Nc1cnc(-n2c(C(F)(F)F)nc3cc(OC)ccc32)cn1.CCCCC(=O)Nc1cnc(-n2c(C(F)(F)F)nc3cc(OC)ccc32)cn1. The maximum atomic E-state index is 13.5. The summed E-state index contributed by atoms with van der Waals surface area (Å²) in [6, 6.07) is 8.84. The smallest absolute Gasteiger partial charge is 0.450 e. The predicted molar refractivity (Wildman–Crippen MR) is 188 cm³/mol. The van der Waals surface area contributed by atoms with Crippen LogP contribution in [0.25, 0.3) is 33.7 Å². The van der Waals surface area contributed by atoms with Crippen LogP contribution in [0.15, 0.2) is 61.2 Å². The zero-order valence-corrected chi connectivity index (χ0v) is 29.8. The van der Waals surface area contributed by atoms with Crippen LogP contribution in [0.4, 0.5) is 38.0 Å². The summed E-state index contributed by atoms with van der Waals surface area (Å²) in [6.45, 7) is 3.82. The first-order chi connectivity index (χ1) is 26.2. The number of halogens is 6. The van der Waals surface area contributed by atoms with E-state index in [2.05, 4.69) is 40.5 Å². The number of ether oxygens (including phenoxy) is 2. The Labute approximate surface area is 309 Å². The number of alkyl halides is 6. The van der Waals surface area contributed by atoms with E-state index in [-0.39, 0.29) is 57.2 Å². The molecule has 0 aliphatic rings.